The number of nitrogens with two attached hydrogens (primary N) is 1. The van der Waals surface area contributed by atoms with Crippen molar-refractivity contribution in [1.82, 2.24) is 4.98 Å². The normalized spacial score (nSPS) is 10.5. The van der Waals surface area contributed by atoms with Gasteiger partial charge in [0.2, 0.25) is 5.91 Å². The summed E-state index contributed by atoms with van der Waals surface area (Å²) in [6.07, 6.45) is 0.658. The summed E-state index contributed by atoms with van der Waals surface area (Å²) in [5.41, 5.74) is 9.28. The lowest BCUT2D eigenvalue weighted by atomic mass is 10.0. The maximum absolute atomic E-state index is 11.7. The topological polar surface area (TPSA) is 82.3 Å². The van der Waals surface area contributed by atoms with Crippen LogP contribution in [0.1, 0.15) is 38.3 Å². The van der Waals surface area contributed by atoms with Crippen LogP contribution >= 0.6 is 11.3 Å². The molecule has 2 aromatic carbocycles. The van der Waals surface area contributed by atoms with Crippen molar-refractivity contribution >= 4 is 23.2 Å². The van der Waals surface area contributed by atoms with Crippen LogP contribution in [0.3, 0.4) is 0 Å². The van der Waals surface area contributed by atoms with E-state index in [-0.39, 0.29) is 5.97 Å². The standard InChI is InChI=1S/C20H18N2O3S/c1-2-25-20(24)17-12-26-18(22-17)11-13-3-5-14(6-4-13)15-7-9-16(10-8-15)19(21)23/h3-10,12H,2,11H2,1H3,(H2,21,23). The van der Waals surface area contributed by atoms with Gasteiger partial charge >= 0.3 is 5.97 Å². The summed E-state index contributed by atoms with van der Waals surface area (Å²) in [6, 6.07) is 15.3. The van der Waals surface area contributed by atoms with Crippen molar-refractivity contribution in [2.75, 3.05) is 6.61 Å². The molecular formula is C20H18N2O3S. The van der Waals surface area contributed by atoms with Gasteiger partial charge in [0.05, 0.1) is 11.6 Å². The number of nitrogens with zero attached hydrogens (tertiary/aromatic N) is 1. The fraction of sp³-hybridized carbons (Fsp3) is 0.150. The lowest BCUT2D eigenvalue weighted by molar-refractivity contribution is 0.0520. The molecule has 0 saturated carbocycles. The summed E-state index contributed by atoms with van der Waals surface area (Å²) >= 11 is 1.45. The first-order valence-electron chi connectivity index (χ1n) is 8.17. The third-order valence-corrected chi connectivity index (χ3v) is 4.70. The van der Waals surface area contributed by atoms with Crippen LogP contribution in [0.5, 0.6) is 0 Å². The number of carbonyl (C=O) groups excluding carboxylic acids is 2. The van der Waals surface area contributed by atoms with Crippen LogP contribution in [0.4, 0.5) is 0 Å². The lowest BCUT2D eigenvalue weighted by Crippen LogP contribution is -2.10. The van der Waals surface area contributed by atoms with Gasteiger partial charge in [-0.05, 0) is 35.7 Å². The molecule has 2 N–H and O–H groups in total. The number of thiazole rings is 1. The second-order valence-corrected chi connectivity index (χ2v) is 6.60. The van der Waals surface area contributed by atoms with Crippen LogP contribution in [-0.2, 0) is 11.2 Å². The van der Waals surface area contributed by atoms with E-state index in [2.05, 4.69) is 4.98 Å². The number of ether oxygens (including phenoxy) is 1. The molecule has 1 heterocycles. The van der Waals surface area contributed by atoms with E-state index < -0.39 is 5.91 Å². The summed E-state index contributed by atoms with van der Waals surface area (Å²) in [7, 11) is 0. The second kappa shape index (κ2) is 7.93. The fourth-order valence-electron chi connectivity index (χ4n) is 2.51. The van der Waals surface area contributed by atoms with Gasteiger partial charge in [0.25, 0.3) is 0 Å². The van der Waals surface area contributed by atoms with Gasteiger partial charge in [0.1, 0.15) is 0 Å². The summed E-state index contributed by atoms with van der Waals surface area (Å²) in [6.45, 7) is 2.11. The third-order valence-electron chi connectivity index (χ3n) is 3.85. The molecule has 0 aliphatic carbocycles. The van der Waals surface area contributed by atoms with Crippen LogP contribution in [-0.4, -0.2) is 23.5 Å². The fourth-order valence-corrected chi connectivity index (χ4v) is 3.31. The average molecular weight is 366 g/mol. The second-order valence-electron chi connectivity index (χ2n) is 5.66. The zero-order chi connectivity index (χ0) is 18.5. The maximum atomic E-state index is 11.7. The zero-order valence-electron chi connectivity index (χ0n) is 14.3. The van der Waals surface area contributed by atoms with Crippen molar-refractivity contribution in [3.8, 4) is 11.1 Å². The van der Waals surface area contributed by atoms with Gasteiger partial charge in [-0.15, -0.1) is 11.3 Å². The Hall–Kier alpha value is -2.99. The monoisotopic (exact) mass is 366 g/mol. The number of amides is 1. The van der Waals surface area contributed by atoms with Crippen LogP contribution in [0, 0.1) is 0 Å². The van der Waals surface area contributed by atoms with Gasteiger partial charge in [-0.3, -0.25) is 4.79 Å². The smallest absolute Gasteiger partial charge is 0.357 e. The van der Waals surface area contributed by atoms with Crippen molar-refractivity contribution in [1.29, 1.82) is 0 Å². The van der Waals surface area contributed by atoms with Gasteiger partial charge in [0, 0.05) is 17.4 Å². The molecule has 3 rings (SSSR count). The number of primary amides is 1. The van der Waals surface area contributed by atoms with E-state index in [1.165, 1.54) is 11.3 Å². The van der Waals surface area contributed by atoms with Gasteiger partial charge < -0.3 is 10.5 Å². The van der Waals surface area contributed by atoms with Crippen LogP contribution < -0.4 is 5.73 Å². The molecule has 0 bridgehead atoms. The highest BCUT2D eigenvalue weighted by Crippen LogP contribution is 2.22. The number of aromatic nitrogens is 1. The molecule has 0 aliphatic rings. The van der Waals surface area contributed by atoms with Gasteiger partial charge in [-0.25, -0.2) is 9.78 Å². The van der Waals surface area contributed by atoms with Gasteiger partial charge in [0.15, 0.2) is 5.69 Å². The molecule has 0 spiro atoms. The maximum Gasteiger partial charge on any atom is 0.357 e. The van der Waals surface area contributed by atoms with Crippen molar-refractivity contribution in [2.24, 2.45) is 5.73 Å². The molecule has 0 radical (unpaired) electrons. The van der Waals surface area contributed by atoms with E-state index in [4.69, 9.17) is 10.5 Å². The minimum atomic E-state index is -0.433. The SMILES string of the molecule is CCOC(=O)c1csc(Cc2ccc(-c3ccc(C(N)=O)cc3)cc2)n1. The quantitative estimate of drug-likeness (QED) is 0.675. The predicted octanol–water partition coefficient (Wildman–Crippen LogP) is 3.68. The largest absolute Gasteiger partial charge is 0.461 e. The first-order valence-corrected chi connectivity index (χ1v) is 9.05. The molecule has 1 amide bonds. The van der Waals surface area contributed by atoms with Crippen molar-refractivity contribution < 1.29 is 14.3 Å². The Morgan fingerprint density at radius 2 is 1.65 bits per heavy atom. The highest BCUT2D eigenvalue weighted by Gasteiger charge is 2.12. The number of hydrogen-bond donors (Lipinski definition) is 1. The Bertz CT molecular complexity index is 915. The molecule has 26 heavy (non-hydrogen) atoms. The van der Waals surface area contributed by atoms with Crippen molar-refractivity contribution in [3.05, 3.63) is 75.7 Å². The Balaban J connectivity index is 1.70. The summed E-state index contributed by atoms with van der Waals surface area (Å²) in [5.74, 6) is -0.817. The van der Waals surface area contributed by atoms with Gasteiger partial charge in [-0.2, -0.15) is 0 Å². The molecule has 5 nitrogen and oxygen atoms in total. The zero-order valence-corrected chi connectivity index (χ0v) is 15.1. The lowest BCUT2D eigenvalue weighted by Gasteiger charge is -2.04. The van der Waals surface area contributed by atoms with Crippen LogP contribution in [0.25, 0.3) is 11.1 Å². The summed E-state index contributed by atoms with van der Waals surface area (Å²) < 4.78 is 4.96. The Morgan fingerprint density at radius 1 is 1.04 bits per heavy atom. The molecule has 0 unspecified atom stereocenters. The Kier molecular flexibility index (Phi) is 5.43. The van der Waals surface area contributed by atoms with Gasteiger partial charge in [-0.1, -0.05) is 36.4 Å². The molecule has 0 aliphatic heterocycles. The average Bonchev–Trinajstić information content (AvgIpc) is 3.11. The highest BCUT2D eigenvalue weighted by atomic mass is 32.1. The van der Waals surface area contributed by atoms with Crippen molar-refractivity contribution in [2.45, 2.75) is 13.3 Å². The van der Waals surface area contributed by atoms with E-state index in [1.54, 1.807) is 24.4 Å². The van der Waals surface area contributed by atoms with E-state index in [1.807, 2.05) is 36.4 Å². The highest BCUT2D eigenvalue weighted by molar-refractivity contribution is 7.09. The predicted molar refractivity (Wildman–Crippen MR) is 101 cm³/mol. The molecule has 1 aromatic heterocycles. The first-order chi connectivity index (χ1) is 12.6. The number of esters is 1. The number of benzene rings is 2. The number of rotatable bonds is 6. The molecule has 0 atom stereocenters. The van der Waals surface area contributed by atoms with E-state index in [0.717, 1.165) is 21.7 Å². The third kappa shape index (κ3) is 4.15. The summed E-state index contributed by atoms with van der Waals surface area (Å²) in [4.78, 5) is 27.1. The minimum Gasteiger partial charge on any atom is -0.461 e. The molecular weight excluding hydrogens is 348 g/mol. The van der Waals surface area contributed by atoms with Crippen LogP contribution in [0.15, 0.2) is 53.9 Å². The molecule has 6 heteroatoms. The Morgan fingerprint density at radius 3 is 2.23 bits per heavy atom. The molecule has 0 saturated heterocycles. The minimum absolute atomic E-state index is 0.341. The Labute approximate surface area is 155 Å². The molecule has 132 valence electrons. The molecule has 3 aromatic rings. The van der Waals surface area contributed by atoms with Crippen molar-refractivity contribution in [3.63, 3.8) is 0 Å². The van der Waals surface area contributed by atoms with E-state index >= 15 is 0 Å². The number of hydrogen-bond acceptors (Lipinski definition) is 5. The van der Waals surface area contributed by atoms with E-state index in [9.17, 15) is 9.59 Å². The van der Waals surface area contributed by atoms with E-state index in [0.29, 0.717) is 24.3 Å². The first kappa shape index (κ1) is 17.8. The molecule has 0 fully saturated rings. The summed E-state index contributed by atoms with van der Waals surface area (Å²) in [5, 5.41) is 2.59. The van der Waals surface area contributed by atoms with Crippen LogP contribution in [0.2, 0.25) is 0 Å². The number of carbonyl (C=O) groups is 2.